The van der Waals surface area contributed by atoms with Crippen molar-refractivity contribution in [2.75, 3.05) is 14.1 Å². The lowest BCUT2D eigenvalue weighted by atomic mass is 10.2. The van der Waals surface area contributed by atoms with E-state index in [2.05, 4.69) is 4.98 Å². The Morgan fingerprint density at radius 2 is 2.23 bits per heavy atom. The maximum atomic E-state index is 10.5. The number of aromatic carboxylic acids is 1. The first-order valence-corrected chi connectivity index (χ1v) is 3.92. The quantitative estimate of drug-likeness (QED) is 0.749. The van der Waals surface area contributed by atoms with Crippen LogP contribution >= 0.6 is 0 Å². The number of hydrogen-bond donors (Lipinski definition) is 1. The minimum absolute atomic E-state index is 0.225. The van der Waals surface area contributed by atoms with Crippen molar-refractivity contribution >= 4 is 5.97 Å². The molecule has 1 aromatic rings. The molecule has 0 amide bonds. The zero-order chi connectivity index (χ0) is 9.84. The van der Waals surface area contributed by atoms with Crippen molar-refractivity contribution in [3.8, 4) is 0 Å². The molecule has 0 radical (unpaired) electrons. The average molecular weight is 180 g/mol. The number of carboxylic acids is 1. The lowest BCUT2D eigenvalue weighted by Gasteiger charge is -2.07. The van der Waals surface area contributed by atoms with Gasteiger partial charge >= 0.3 is 5.97 Å². The van der Waals surface area contributed by atoms with Gasteiger partial charge in [0, 0.05) is 12.7 Å². The minimum Gasteiger partial charge on any atom is -0.478 e. The molecular weight excluding hydrogens is 168 g/mol. The third-order valence-corrected chi connectivity index (χ3v) is 1.55. The van der Waals surface area contributed by atoms with Crippen LogP contribution in [-0.4, -0.2) is 35.1 Å². The molecule has 4 heteroatoms. The summed E-state index contributed by atoms with van der Waals surface area (Å²) in [7, 11) is 3.87. The molecule has 1 heterocycles. The van der Waals surface area contributed by atoms with Crippen LogP contribution in [0.4, 0.5) is 0 Å². The fraction of sp³-hybridized carbons (Fsp3) is 0.333. The summed E-state index contributed by atoms with van der Waals surface area (Å²) in [6.45, 7) is 0.722. The van der Waals surface area contributed by atoms with Crippen molar-refractivity contribution in [3.63, 3.8) is 0 Å². The summed E-state index contributed by atoms with van der Waals surface area (Å²) >= 11 is 0. The maximum absolute atomic E-state index is 10.5. The summed E-state index contributed by atoms with van der Waals surface area (Å²) in [6.07, 6.45) is 1.38. The number of hydrogen-bond acceptors (Lipinski definition) is 3. The number of carbonyl (C=O) groups is 1. The SMILES string of the molecule is CN(C)Cc1ccc(C(=O)O)cn1. The second-order valence-corrected chi connectivity index (χ2v) is 3.08. The first kappa shape index (κ1) is 9.67. The highest BCUT2D eigenvalue weighted by Crippen LogP contribution is 2.01. The van der Waals surface area contributed by atoms with Gasteiger partial charge in [0.2, 0.25) is 0 Å². The van der Waals surface area contributed by atoms with Crippen LogP contribution in [0.25, 0.3) is 0 Å². The largest absolute Gasteiger partial charge is 0.478 e. The number of carboxylic acid groups (broad SMARTS) is 1. The fourth-order valence-electron chi connectivity index (χ4n) is 0.969. The van der Waals surface area contributed by atoms with Gasteiger partial charge in [-0.2, -0.15) is 0 Å². The Morgan fingerprint density at radius 1 is 1.54 bits per heavy atom. The van der Waals surface area contributed by atoms with Crippen LogP contribution in [0.3, 0.4) is 0 Å². The molecule has 1 N–H and O–H groups in total. The standard InChI is InChI=1S/C9H12N2O2/c1-11(2)6-8-4-3-7(5-10-8)9(12)13/h3-5H,6H2,1-2H3,(H,12,13). The fourth-order valence-corrected chi connectivity index (χ4v) is 0.969. The van der Waals surface area contributed by atoms with Crippen molar-refractivity contribution in [1.82, 2.24) is 9.88 Å². The van der Waals surface area contributed by atoms with Gasteiger partial charge in [-0.25, -0.2) is 4.79 Å². The van der Waals surface area contributed by atoms with Crippen LogP contribution in [-0.2, 0) is 6.54 Å². The molecule has 0 aliphatic carbocycles. The Hall–Kier alpha value is -1.42. The van der Waals surface area contributed by atoms with Gasteiger partial charge in [-0.3, -0.25) is 4.98 Å². The topological polar surface area (TPSA) is 53.4 Å². The molecule has 0 spiro atoms. The number of rotatable bonds is 3. The normalized spacial score (nSPS) is 10.4. The average Bonchev–Trinajstić information content (AvgIpc) is 2.04. The summed E-state index contributed by atoms with van der Waals surface area (Å²) in [5, 5.41) is 8.61. The molecule has 0 unspecified atom stereocenters. The van der Waals surface area contributed by atoms with Crippen molar-refractivity contribution in [2.45, 2.75) is 6.54 Å². The predicted molar refractivity (Wildman–Crippen MR) is 48.6 cm³/mol. The van der Waals surface area contributed by atoms with Crippen LogP contribution in [0.2, 0.25) is 0 Å². The third kappa shape index (κ3) is 2.83. The number of nitrogens with zero attached hydrogens (tertiary/aromatic N) is 2. The van der Waals surface area contributed by atoms with Crippen molar-refractivity contribution in [3.05, 3.63) is 29.6 Å². The number of aromatic nitrogens is 1. The summed E-state index contributed by atoms with van der Waals surface area (Å²) in [5.41, 5.74) is 1.09. The molecule has 0 aromatic carbocycles. The first-order chi connectivity index (χ1) is 6.09. The molecule has 0 aliphatic rings. The van der Waals surface area contributed by atoms with E-state index < -0.39 is 5.97 Å². The van der Waals surface area contributed by atoms with Crippen molar-refractivity contribution in [2.24, 2.45) is 0 Å². The van der Waals surface area contributed by atoms with Gasteiger partial charge in [0.25, 0.3) is 0 Å². The summed E-state index contributed by atoms with van der Waals surface area (Å²) in [6, 6.07) is 3.29. The predicted octanol–water partition coefficient (Wildman–Crippen LogP) is 0.841. The van der Waals surface area contributed by atoms with E-state index in [0.717, 1.165) is 12.2 Å². The van der Waals surface area contributed by atoms with Crippen LogP contribution in [0.5, 0.6) is 0 Å². The van der Waals surface area contributed by atoms with Gasteiger partial charge in [0.05, 0.1) is 11.3 Å². The van der Waals surface area contributed by atoms with Crippen molar-refractivity contribution < 1.29 is 9.90 Å². The third-order valence-electron chi connectivity index (χ3n) is 1.55. The summed E-state index contributed by atoms with van der Waals surface area (Å²) in [5.74, 6) is -0.941. The molecule has 1 aromatic heterocycles. The molecule has 0 aliphatic heterocycles. The van der Waals surface area contributed by atoms with E-state index in [-0.39, 0.29) is 5.56 Å². The van der Waals surface area contributed by atoms with Gasteiger partial charge in [0.1, 0.15) is 0 Å². The first-order valence-electron chi connectivity index (χ1n) is 3.92. The molecular formula is C9H12N2O2. The molecule has 0 fully saturated rings. The number of pyridine rings is 1. The van der Waals surface area contributed by atoms with Crippen LogP contribution in [0.1, 0.15) is 16.1 Å². The minimum atomic E-state index is -0.941. The van der Waals surface area contributed by atoms with Crippen LogP contribution < -0.4 is 0 Å². The molecule has 0 atom stereocenters. The maximum Gasteiger partial charge on any atom is 0.337 e. The Kier molecular flexibility index (Phi) is 2.97. The Bertz CT molecular complexity index is 293. The Balaban J connectivity index is 2.75. The van der Waals surface area contributed by atoms with Gasteiger partial charge < -0.3 is 10.0 Å². The highest BCUT2D eigenvalue weighted by atomic mass is 16.4. The van der Waals surface area contributed by atoms with Gasteiger partial charge in [-0.15, -0.1) is 0 Å². The second-order valence-electron chi connectivity index (χ2n) is 3.08. The molecule has 1 rings (SSSR count). The smallest absolute Gasteiger partial charge is 0.337 e. The molecule has 4 nitrogen and oxygen atoms in total. The van der Waals surface area contributed by atoms with Crippen LogP contribution in [0, 0.1) is 0 Å². The van der Waals surface area contributed by atoms with Gasteiger partial charge in [0.15, 0.2) is 0 Å². The van der Waals surface area contributed by atoms with E-state index in [0.29, 0.717) is 0 Å². The summed E-state index contributed by atoms with van der Waals surface area (Å²) < 4.78 is 0. The van der Waals surface area contributed by atoms with Gasteiger partial charge in [-0.05, 0) is 26.2 Å². The summed E-state index contributed by atoms with van der Waals surface area (Å²) in [4.78, 5) is 16.5. The van der Waals surface area contributed by atoms with Crippen LogP contribution in [0.15, 0.2) is 18.3 Å². The molecule has 70 valence electrons. The molecule has 0 saturated heterocycles. The van der Waals surface area contributed by atoms with E-state index in [4.69, 9.17) is 5.11 Å². The van der Waals surface area contributed by atoms with E-state index >= 15 is 0 Å². The lowest BCUT2D eigenvalue weighted by Crippen LogP contribution is -2.12. The molecule has 0 saturated carbocycles. The highest BCUT2D eigenvalue weighted by molar-refractivity contribution is 5.87. The van der Waals surface area contributed by atoms with Crippen molar-refractivity contribution in [1.29, 1.82) is 0 Å². The Morgan fingerprint density at radius 3 is 2.62 bits per heavy atom. The van der Waals surface area contributed by atoms with Gasteiger partial charge in [-0.1, -0.05) is 0 Å². The molecule has 0 bridgehead atoms. The second kappa shape index (κ2) is 4.00. The Labute approximate surface area is 76.8 Å². The zero-order valence-electron chi connectivity index (χ0n) is 7.69. The lowest BCUT2D eigenvalue weighted by molar-refractivity contribution is 0.0696. The van der Waals surface area contributed by atoms with E-state index in [9.17, 15) is 4.79 Å². The highest BCUT2D eigenvalue weighted by Gasteiger charge is 2.02. The monoisotopic (exact) mass is 180 g/mol. The van der Waals surface area contributed by atoms with E-state index in [1.54, 1.807) is 12.1 Å². The van der Waals surface area contributed by atoms with E-state index in [1.165, 1.54) is 6.20 Å². The molecule has 13 heavy (non-hydrogen) atoms. The zero-order valence-corrected chi connectivity index (χ0v) is 7.69. The van der Waals surface area contributed by atoms with E-state index in [1.807, 2.05) is 19.0 Å².